The van der Waals surface area contributed by atoms with Crippen molar-refractivity contribution in [3.63, 3.8) is 0 Å². The number of nitrogens with zero attached hydrogens (tertiary/aromatic N) is 1. The molecule has 2 rings (SSSR count). The van der Waals surface area contributed by atoms with Gasteiger partial charge in [0.25, 0.3) is 11.6 Å². The van der Waals surface area contributed by atoms with Crippen LogP contribution in [-0.4, -0.2) is 24.0 Å². The van der Waals surface area contributed by atoms with E-state index in [1.54, 1.807) is 0 Å². The van der Waals surface area contributed by atoms with Crippen molar-refractivity contribution in [1.29, 1.82) is 0 Å². The summed E-state index contributed by atoms with van der Waals surface area (Å²) < 4.78 is 16.0. The zero-order chi connectivity index (χ0) is 18.2. The van der Waals surface area contributed by atoms with Gasteiger partial charge < -0.3 is 19.2 Å². The van der Waals surface area contributed by atoms with E-state index in [0.717, 1.165) is 12.8 Å². The van der Waals surface area contributed by atoms with Gasteiger partial charge in [-0.25, -0.2) is 0 Å². The molecule has 0 aliphatic heterocycles. The Kier molecular flexibility index (Phi) is 6.39. The van der Waals surface area contributed by atoms with Crippen LogP contribution in [0, 0.1) is 10.1 Å². The van der Waals surface area contributed by atoms with Crippen molar-refractivity contribution in [2.45, 2.75) is 26.7 Å². The Hall–Kier alpha value is -3.03. The molecule has 134 valence electrons. The summed E-state index contributed by atoms with van der Waals surface area (Å²) in [7, 11) is 0. The van der Waals surface area contributed by atoms with E-state index in [9.17, 15) is 14.9 Å². The molecule has 0 aliphatic rings. The molecular weight excluding hydrogens is 328 g/mol. The van der Waals surface area contributed by atoms with Crippen molar-refractivity contribution in [2.24, 2.45) is 0 Å². The molecule has 1 amide bonds. The summed E-state index contributed by atoms with van der Waals surface area (Å²) in [6.45, 7) is 4.70. The Morgan fingerprint density at radius 2 is 1.84 bits per heavy atom. The predicted molar refractivity (Wildman–Crippen MR) is 91.3 cm³/mol. The molecule has 1 aromatic carbocycles. The summed E-state index contributed by atoms with van der Waals surface area (Å²) in [5.74, 6) is 0.118. The Balaban J connectivity index is 2.38. The predicted octanol–water partition coefficient (Wildman–Crippen LogP) is 4.02. The van der Waals surface area contributed by atoms with Gasteiger partial charge in [0.05, 0.1) is 36.0 Å². The number of nitro groups is 1. The zero-order valence-corrected chi connectivity index (χ0v) is 14.1. The summed E-state index contributed by atoms with van der Waals surface area (Å²) in [5, 5.41) is 13.9. The number of carbonyl (C=O) groups excluding carboxylic acids is 1. The number of ether oxygens (including phenoxy) is 2. The number of nitrogens with one attached hydrogen (secondary N) is 1. The number of hydrogen-bond acceptors (Lipinski definition) is 6. The minimum absolute atomic E-state index is 0.0335. The molecule has 8 heteroatoms. The first-order valence-electron chi connectivity index (χ1n) is 7.98. The second kappa shape index (κ2) is 8.72. The quantitative estimate of drug-likeness (QED) is 0.542. The number of benzene rings is 1. The zero-order valence-electron chi connectivity index (χ0n) is 14.1. The topological polar surface area (TPSA) is 104 Å². The molecule has 1 heterocycles. The van der Waals surface area contributed by atoms with Crippen molar-refractivity contribution in [3.8, 4) is 11.5 Å². The SMILES string of the molecule is CCCOc1cc(NC(=O)c2ccoc2)c([N+](=O)[O-])cc1OCCC. The number of nitro benzene ring substituents is 1. The van der Waals surface area contributed by atoms with Crippen LogP contribution in [0.1, 0.15) is 37.0 Å². The first kappa shape index (κ1) is 18.3. The monoisotopic (exact) mass is 348 g/mol. The molecule has 25 heavy (non-hydrogen) atoms. The maximum absolute atomic E-state index is 12.2. The first-order chi connectivity index (χ1) is 12.1. The van der Waals surface area contributed by atoms with Crippen molar-refractivity contribution in [3.05, 3.63) is 46.4 Å². The normalized spacial score (nSPS) is 10.3. The average molecular weight is 348 g/mol. The van der Waals surface area contributed by atoms with E-state index in [-0.39, 0.29) is 22.7 Å². The second-order valence-electron chi connectivity index (χ2n) is 5.24. The molecule has 0 spiro atoms. The van der Waals surface area contributed by atoms with Gasteiger partial charge in [0.1, 0.15) is 12.0 Å². The van der Waals surface area contributed by atoms with Crippen LogP contribution < -0.4 is 14.8 Å². The molecule has 1 aromatic heterocycles. The highest BCUT2D eigenvalue weighted by Gasteiger charge is 2.22. The molecule has 0 radical (unpaired) electrons. The molecule has 1 N–H and O–H groups in total. The van der Waals surface area contributed by atoms with E-state index < -0.39 is 10.8 Å². The molecule has 0 bridgehead atoms. The fourth-order valence-corrected chi connectivity index (χ4v) is 2.04. The molecule has 0 saturated heterocycles. The van der Waals surface area contributed by atoms with Crippen LogP contribution in [-0.2, 0) is 0 Å². The first-order valence-corrected chi connectivity index (χ1v) is 7.98. The molecule has 8 nitrogen and oxygen atoms in total. The summed E-state index contributed by atoms with van der Waals surface area (Å²) >= 11 is 0. The highest BCUT2D eigenvalue weighted by Crippen LogP contribution is 2.38. The van der Waals surface area contributed by atoms with Gasteiger partial charge >= 0.3 is 0 Å². The van der Waals surface area contributed by atoms with Gasteiger partial charge in [0.2, 0.25) is 0 Å². The van der Waals surface area contributed by atoms with Crippen LogP contribution in [0.3, 0.4) is 0 Å². The molecule has 0 unspecified atom stereocenters. The second-order valence-corrected chi connectivity index (χ2v) is 5.24. The lowest BCUT2D eigenvalue weighted by Crippen LogP contribution is -2.13. The third-order valence-corrected chi connectivity index (χ3v) is 3.21. The largest absolute Gasteiger partial charge is 0.490 e. The Morgan fingerprint density at radius 1 is 1.20 bits per heavy atom. The van der Waals surface area contributed by atoms with Crippen molar-refractivity contribution >= 4 is 17.3 Å². The summed E-state index contributed by atoms with van der Waals surface area (Å²) in [4.78, 5) is 23.0. The molecule has 2 aromatic rings. The van der Waals surface area contributed by atoms with E-state index in [1.165, 1.54) is 30.7 Å². The molecule has 0 aliphatic carbocycles. The number of carbonyl (C=O) groups is 1. The van der Waals surface area contributed by atoms with E-state index >= 15 is 0 Å². The van der Waals surface area contributed by atoms with Crippen molar-refractivity contribution in [1.82, 2.24) is 0 Å². The van der Waals surface area contributed by atoms with Gasteiger partial charge in [-0.1, -0.05) is 13.8 Å². The van der Waals surface area contributed by atoms with Crippen LogP contribution in [0.2, 0.25) is 0 Å². The van der Waals surface area contributed by atoms with Gasteiger partial charge in [-0.3, -0.25) is 14.9 Å². The molecule has 0 atom stereocenters. The smallest absolute Gasteiger partial charge is 0.296 e. The fourth-order valence-electron chi connectivity index (χ4n) is 2.04. The highest BCUT2D eigenvalue weighted by atomic mass is 16.6. The maximum atomic E-state index is 12.2. The maximum Gasteiger partial charge on any atom is 0.296 e. The number of furan rings is 1. The lowest BCUT2D eigenvalue weighted by atomic mass is 10.2. The van der Waals surface area contributed by atoms with Gasteiger partial charge in [0, 0.05) is 6.07 Å². The third kappa shape index (κ3) is 4.72. The Labute approximate surface area is 144 Å². The van der Waals surface area contributed by atoms with Gasteiger partial charge in [-0.2, -0.15) is 0 Å². The molecular formula is C17H20N2O6. The van der Waals surface area contributed by atoms with Crippen LogP contribution in [0.15, 0.2) is 35.1 Å². The van der Waals surface area contributed by atoms with Gasteiger partial charge in [-0.15, -0.1) is 0 Å². The lowest BCUT2D eigenvalue weighted by molar-refractivity contribution is -0.384. The fraction of sp³-hybridized carbons (Fsp3) is 0.353. The minimum atomic E-state index is -0.576. The highest BCUT2D eigenvalue weighted by molar-refractivity contribution is 6.05. The van der Waals surface area contributed by atoms with E-state index in [0.29, 0.717) is 19.0 Å². The summed E-state index contributed by atoms with van der Waals surface area (Å²) in [6, 6.07) is 4.15. The molecule has 0 fully saturated rings. The summed E-state index contributed by atoms with van der Waals surface area (Å²) in [5.41, 5.74) is 0.0228. The standard InChI is InChI=1S/C17H20N2O6/c1-3-6-24-15-9-13(18-17(20)12-5-8-23-11-12)14(19(21)22)10-16(15)25-7-4-2/h5,8-11H,3-4,6-7H2,1-2H3,(H,18,20). The van der Waals surface area contributed by atoms with Crippen LogP contribution >= 0.6 is 0 Å². The van der Waals surface area contributed by atoms with Crippen molar-refractivity contribution < 1.29 is 23.6 Å². The Morgan fingerprint density at radius 3 is 2.36 bits per heavy atom. The van der Waals surface area contributed by atoms with Gasteiger partial charge in [-0.05, 0) is 18.9 Å². The number of amides is 1. The van der Waals surface area contributed by atoms with Crippen LogP contribution in [0.25, 0.3) is 0 Å². The van der Waals surface area contributed by atoms with Crippen LogP contribution in [0.4, 0.5) is 11.4 Å². The van der Waals surface area contributed by atoms with Crippen molar-refractivity contribution in [2.75, 3.05) is 18.5 Å². The number of anilines is 1. The number of hydrogen-bond donors (Lipinski definition) is 1. The Bertz CT molecular complexity index is 727. The lowest BCUT2D eigenvalue weighted by Gasteiger charge is -2.14. The van der Waals surface area contributed by atoms with Gasteiger partial charge in [0.15, 0.2) is 11.5 Å². The van der Waals surface area contributed by atoms with Crippen LogP contribution in [0.5, 0.6) is 11.5 Å². The summed E-state index contributed by atoms with van der Waals surface area (Å²) in [6.07, 6.45) is 4.12. The number of rotatable bonds is 9. The third-order valence-electron chi connectivity index (χ3n) is 3.21. The minimum Gasteiger partial charge on any atom is -0.490 e. The molecule has 0 saturated carbocycles. The van der Waals surface area contributed by atoms with E-state index in [1.807, 2.05) is 13.8 Å². The van der Waals surface area contributed by atoms with E-state index in [4.69, 9.17) is 13.9 Å². The van der Waals surface area contributed by atoms with E-state index in [2.05, 4.69) is 5.32 Å². The average Bonchev–Trinajstić information content (AvgIpc) is 3.13.